The molecule has 21 heavy (non-hydrogen) atoms. The van der Waals surface area contributed by atoms with Crippen molar-refractivity contribution >= 4 is 0 Å². The molecule has 0 fully saturated rings. The molecule has 0 atom stereocenters. The molecule has 6 heteroatoms. The minimum atomic E-state index is -0.750. The van der Waals surface area contributed by atoms with Gasteiger partial charge in [-0.25, -0.2) is 4.39 Å². The van der Waals surface area contributed by atoms with Crippen molar-refractivity contribution < 1.29 is 9.13 Å². The zero-order chi connectivity index (χ0) is 15.4. The number of aryl methyl sites for hydroxylation is 1. The van der Waals surface area contributed by atoms with Crippen LogP contribution in [0.2, 0.25) is 0 Å². The molecule has 1 aromatic heterocycles. The first kappa shape index (κ1) is 14.3. The van der Waals surface area contributed by atoms with E-state index in [1.807, 2.05) is 6.07 Å². The van der Waals surface area contributed by atoms with Crippen molar-refractivity contribution in [2.45, 2.75) is 6.92 Å². The van der Waals surface area contributed by atoms with E-state index < -0.39 is 11.4 Å². The lowest BCUT2D eigenvalue weighted by Gasteiger charge is -2.10. The van der Waals surface area contributed by atoms with Crippen LogP contribution in [0.1, 0.15) is 11.3 Å². The third-order valence-corrected chi connectivity index (χ3v) is 2.64. The highest BCUT2D eigenvalue weighted by Crippen LogP contribution is 2.24. The fraction of sp³-hybridized carbons (Fsp3) is 0.133. The summed E-state index contributed by atoms with van der Waals surface area (Å²) in [4.78, 5) is 11.8. The summed E-state index contributed by atoms with van der Waals surface area (Å²) < 4.78 is 20.2. The largest absolute Gasteiger partial charge is 0.479 e. The summed E-state index contributed by atoms with van der Waals surface area (Å²) in [6.45, 7) is 1.60. The van der Waals surface area contributed by atoms with Crippen LogP contribution in [0.25, 0.3) is 5.69 Å². The summed E-state index contributed by atoms with van der Waals surface area (Å²) in [5.41, 5.74) is -0.0570. The molecule has 0 unspecified atom stereocenters. The highest BCUT2D eigenvalue weighted by molar-refractivity contribution is 5.51. The predicted octanol–water partition coefficient (Wildman–Crippen LogP) is 1.56. The van der Waals surface area contributed by atoms with E-state index in [2.05, 4.69) is 11.0 Å². The number of aromatic nitrogens is 2. The van der Waals surface area contributed by atoms with E-state index in [9.17, 15) is 9.18 Å². The van der Waals surface area contributed by atoms with E-state index in [4.69, 9.17) is 16.4 Å². The van der Waals surface area contributed by atoms with Crippen LogP contribution in [0.15, 0.2) is 29.1 Å². The monoisotopic (exact) mass is 283 g/mol. The van der Waals surface area contributed by atoms with Gasteiger partial charge in [0, 0.05) is 12.1 Å². The molecule has 0 radical (unpaired) electrons. The maximum absolute atomic E-state index is 14.1. The molecule has 2 aromatic rings. The van der Waals surface area contributed by atoms with Crippen LogP contribution in [0.3, 0.4) is 0 Å². The lowest BCUT2D eigenvalue weighted by molar-refractivity contribution is 0.368. The van der Waals surface area contributed by atoms with E-state index in [0.717, 1.165) is 10.7 Å². The molecule has 0 spiro atoms. The van der Waals surface area contributed by atoms with Gasteiger partial charge in [-0.2, -0.15) is 15.0 Å². The Hall–Kier alpha value is -3.12. The number of benzene rings is 1. The number of nitriles is 1. The van der Waals surface area contributed by atoms with Crippen LogP contribution in [0.4, 0.5) is 4.39 Å². The molecule has 2 rings (SSSR count). The normalized spacial score (nSPS) is 9.71. The highest BCUT2D eigenvalue weighted by atomic mass is 19.1. The maximum Gasteiger partial charge on any atom is 0.271 e. The van der Waals surface area contributed by atoms with Gasteiger partial charge in [-0.05, 0) is 19.1 Å². The van der Waals surface area contributed by atoms with Crippen molar-refractivity contribution in [3.8, 4) is 29.8 Å². The van der Waals surface area contributed by atoms with Gasteiger partial charge in [0.05, 0.1) is 11.3 Å². The van der Waals surface area contributed by atoms with E-state index in [-0.39, 0.29) is 23.6 Å². The van der Waals surface area contributed by atoms with Gasteiger partial charge in [0.15, 0.2) is 5.82 Å². The third kappa shape index (κ3) is 2.90. The molecule has 0 amide bonds. The van der Waals surface area contributed by atoms with Crippen molar-refractivity contribution in [2.24, 2.45) is 0 Å². The Morgan fingerprint density at radius 1 is 1.48 bits per heavy atom. The lowest BCUT2D eigenvalue weighted by Crippen LogP contribution is -2.21. The lowest BCUT2D eigenvalue weighted by atomic mass is 10.2. The van der Waals surface area contributed by atoms with E-state index >= 15 is 0 Å². The van der Waals surface area contributed by atoms with E-state index in [1.165, 1.54) is 18.2 Å². The van der Waals surface area contributed by atoms with Gasteiger partial charge in [-0.3, -0.25) is 4.79 Å². The summed E-state index contributed by atoms with van der Waals surface area (Å²) in [6, 6.07) is 6.83. The average molecular weight is 283 g/mol. The molecule has 1 aromatic carbocycles. The molecule has 0 aliphatic rings. The molecule has 0 N–H and O–H groups in total. The van der Waals surface area contributed by atoms with Crippen LogP contribution >= 0.6 is 0 Å². The Morgan fingerprint density at radius 3 is 2.90 bits per heavy atom. The van der Waals surface area contributed by atoms with Gasteiger partial charge in [0.25, 0.3) is 5.56 Å². The van der Waals surface area contributed by atoms with Crippen LogP contribution in [0, 0.1) is 36.4 Å². The Bertz CT molecular complexity index is 828. The smallest absolute Gasteiger partial charge is 0.271 e. The van der Waals surface area contributed by atoms with Gasteiger partial charge < -0.3 is 4.74 Å². The quantitative estimate of drug-likeness (QED) is 0.802. The van der Waals surface area contributed by atoms with Crippen molar-refractivity contribution in [3.63, 3.8) is 0 Å². The predicted molar refractivity (Wildman–Crippen MR) is 73.6 cm³/mol. The average Bonchev–Trinajstić information content (AvgIpc) is 2.48. The fourth-order valence-corrected chi connectivity index (χ4v) is 1.71. The molecule has 1 heterocycles. The molecular weight excluding hydrogens is 273 g/mol. The van der Waals surface area contributed by atoms with Gasteiger partial charge in [0.2, 0.25) is 0 Å². The number of hydrogen-bond donors (Lipinski definition) is 0. The van der Waals surface area contributed by atoms with Crippen molar-refractivity contribution in [3.05, 3.63) is 51.7 Å². The molecule has 0 aliphatic carbocycles. The minimum Gasteiger partial charge on any atom is -0.479 e. The number of hydrogen-bond acceptors (Lipinski definition) is 4. The van der Waals surface area contributed by atoms with Crippen molar-refractivity contribution in [1.29, 1.82) is 5.26 Å². The zero-order valence-electron chi connectivity index (χ0n) is 11.1. The van der Waals surface area contributed by atoms with E-state index in [0.29, 0.717) is 5.69 Å². The first-order valence-electron chi connectivity index (χ1n) is 5.94. The number of terminal acetylenes is 1. The summed E-state index contributed by atoms with van der Waals surface area (Å²) in [7, 11) is 0. The molecule has 5 nitrogen and oxygen atoms in total. The van der Waals surface area contributed by atoms with Crippen molar-refractivity contribution in [1.82, 2.24) is 9.78 Å². The first-order chi connectivity index (χ1) is 10.1. The third-order valence-electron chi connectivity index (χ3n) is 2.64. The summed E-state index contributed by atoms with van der Waals surface area (Å²) >= 11 is 0. The summed E-state index contributed by atoms with van der Waals surface area (Å²) in [5.74, 6) is 1.60. The first-order valence-corrected chi connectivity index (χ1v) is 5.94. The van der Waals surface area contributed by atoms with E-state index in [1.54, 1.807) is 6.92 Å². The number of halogens is 1. The maximum atomic E-state index is 14.1. The number of ether oxygens (including phenoxy) is 1. The van der Waals surface area contributed by atoms with Gasteiger partial charge in [-0.15, -0.1) is 6.42 Å². The second-order valence-corrected chi connectivity index (χ2v) is 4.13. The zero-order valence-corrected chi connectivity index (χ0v) is 11.1. The molecule has 0 saturated carbocycles. The second kappa shape index (κ2) is 5.89. The van der Waals surface area contributed by atoms with Gasteiger partial charge in [-0.1, -0.05) is 5.92 Å². The Balaban J connectivity index is 2.64. The highest BCUT2D eigenvalue weighted by Gasteiger charge is 2.14. The molecule has 104 valence electrons. The van der Waals surface area contributed by atoms with Gasteiger partial charge in [0.1, 0.15) is 24.1 Å². The fourth-order valence-electron chi connectivity index (χ4n) is 1.71. The van der Waals surface area contributed by atoms with Crippen LogP contribution in [-0.2, 0) is 0 Å². The summed E-state index contributed by atoms with van der Waals surface area (Å²) in [6.07, 6.45) is 5.09. The van der Waals surface area contributed by atoms with Crippen LogP contribution in [-0.4, -0.2) is 16.4 Å². The molecule has 0 saturated heterocycles. The molecule has 0 bridgehead atoms. The Morgan fingerprint density at radius 2 is 2.24 bits per heavy atom. The molecule has 0 aliphatic heterocycles. The Labute approximate surface area is 120 Å². The standard InChI is InChI=1S/C15H10FN3O2/c1-3-6-21-14-8-13(12(16)7-11(14)9-17)19-15(20)5-4-10(2)18-19/h1,4-5,7-8H,6H2,2H3. The van der Waals surface area contributed by atoms with Gasteiger partial charge >= 0.3 is 0 Å². The molecular formula is C15H10FN3O2. The topological polar surface area (TPSA) is 67.9 Å². The minimum absolute atomic E-state index is 0.00722. The van der Waals surface area contributed by atoms with Crippen molar-refractivity contribution in [2.75, 3.05) is 6.61 Å². The SMILES string of the molecule is C#CCOc1cc(-n2nc(C)ccc2=O)c(F)cc1C#N. The summed E-state index contributed by atoms with van der Waals surface area (Å²) in [5, 5.41) is 12.9. The number of rotatable bonds is 3. The second-order valence-electron chi connectivity index (χ2n) is 4.13. The van der Waals surface area contributed by atoms with Crippen LogP contribution < -0.4 is 10.3 Å². The Kier molecular flexibility index (Phi) is 4.01. The number of nitrogens with zero attached hydrogens (tertiary/aromatic N) is 3. The van der Waals surface area contributed by atoms with Crippen LogP contribution in [0.5, 0.6) is 5.75 Å².